The Hall–Kier alpha value is 4.09. The van der Waals surface area contributed by atoms with Crippen LogP contribution in [0.1, 0.15) is 0 Å². The van der Waals surface area contributed by atoms with Crippen molar-refractivity contribution in [3.05, 3.63) is 7.43 Å². The Kier molecular flexibility index (Phi) is 95.5. The van der Waals surface area contributed by atoms with Gasteiger partial charge in [-0.25, -0.2) is 0 Å². The Bertz CT molecular complexity index is 3.25. The van der Waals surface area contributed by atoms with Gasteiger partial charge in [0.2, 0.25) is 0 Å². The van der Waals surface area contributed by atoms with Crippen LogP contribution in [-0.2, 0) is 0 Å². The first-order chi connectivity index (χ1) is 0. The quantitative estimate of drug-likeness (QED) is 0.483. The Morgan fingerprint density at radius 1 is 0.500 bits per heavy atom. The first kappa shape index (κ1) is 24.3. The molecule has 4 heavy (non-hydrogen) atoms. The van der Waals surface area contributed by atoms with Crippen molar-refractivity contribution >= 4 is 0 Å². The fraction of sp³-hybridized carbons (Fsp3) is 0. The maximum Gasteiger partial charge on any atom is 0 e. The van der Waals surface area contributed by atoms with E-state index >= 15 is 0 Å². The molecule has 0 saturated carbocycles. The van der Waals surface area contributed by atoms with Crippen LogP contribution in [-0.4, -0.2) is 0 Å². The van der Waals surface area contributed by atoms with Gasteiger partial charge in [0, 0.05) is 124 Å². The minimum absolute atomic E-state index is 0. The molecular formula is CH3Pr3-. The first-order valence-corrected chi connectivity index (χ1v) is 0. The van der Waals surface area contributed by atoms with E-state index in [-0.39, 0.29) is 131 Å². The molecule has 0 aliphatic heterocycles. The second kappa shape index (κ2) is 15.7. The largest absolute Gasteiger partial charge is 0.358 e. The van der Waals surface area contributed by atoms with E-state index in [4.69, 9.17) is 0 Å². The summed E-state index contributed by atoms with van der Waals surface area (Å²) in [4.78, 5) is 0. The van der Waals surface area contributed by atoms with Gasteiger partial charge in [-0.15, -0.1) is 0 Å². The molecule has 0 N–H and O–H groups in total. The van der Waals surface area contributed by atoms with Gasteiger partial charge in [-0.2, -0.15) is 0 Å². The van der Waals surface area contributed by atoms with Gasteiger partial charge in [-0.05, 0) is 0 Å². The van der Waals surface area contributed by atoms with Crippen molar-refractivity contribution in [1.29, 1.82) is 0 Å². The van der Waals surface area contributed by atoms with Crippen molar-refractivity contribution in [1.82, 2.24) is 0 Å². The van der Waals surface area contributed by atoms with Crippen LogP contribution in [0, 0.1) is 131 Å². The third-order valence-electron chi connectivity index (χ3n) is 0. The van der Waals surface area contributed by atoms with Gasteiger partial charge in [0.25, 0.3) is 0 Å². The van der Waals surface area contributed by atoms with E-state index in [1.165, 1.54) is 0 Å². The molecule has 0 atom stereocenters. The monoisotopic (exact) mass is 438 g/mol. The predicted octanol–water partition coefficient (Wildman–Crippen LogP) is 0.450. The molecule has 17 valence electrons. The molecule has 0 aromatic carbocycles. The van der Waals surface area contributed by atoms with Crippen molar-refractivity contribution in [2.45, 2.75) is 0 Å². The van der Waals surface area contributed by atoms with E-state index in [0.717, 1.165) is 0 Å². The maximum atomic E-state index is 0. The molecule has 0 aliphatic carbocycles. The van der Waals surface area contributed by atoms with E-state index in [2.05, 4.69) is 0 Å². The van der Waals surface area contributed by atoms with Gasteiger partial charge >= 0.3 is 0 Å². The van der Waals surface area contributed by atoms with Crippen molar-refractivity contribution in [3.63, 3.8) is 0 Å². The standard InChI is InChI=1S/CH3.3Pr/h1H3;;;/q-1;;;. The van der Waals surface area contributed by atoms with E-state index < -0.39 is 0 Å². The first-order valence-electron chi connectivity index (χ1n) is 0. The molecule has 0 nitrogen and oxygen atoms in total. The molecule has 0 rings (SSSR count). The minimum Gasteiger partial charge on any atom is -0.358 e. The second-order valence-electron chi connectivity index (χ2n) is 0. The van der Waals surface area contributed by atoms with Crippen LogP contribution in [0.25, 0.3) is 0 Å². The van der Waals surface area contributed by atoms with Gasteiger partial charge in [-0.3, -0.25) is 0 Å². The third kappa shape index (κ3) is 9.43. The molecule has 0 heterocycles. The summed E-state index contributed by atoms with van der Waals surface area (Å²) in [5, 5.41) is 0. The molecule has 3 radical (unpaired) electrons. The molecule has 0 spiro atoms. The second-order valence-corrected chi connectivity index (χ2v) is 0. The maximum absolute atomic E-state index is 0. The third-order valence-corrected chi connectivity index (χ3v) is 0. The summed E-state index contributed by atoms with van der Waals surface area (Å²) < 4.78 is 0. The fourth-order valence-corrected chi connectivity index (χ4v) is 0. The van der Waals surface area contributed by atoms with Crippen LogP contribution in [0.5, 0.6) is 0 Å². The topological polar surface area (TPSA) is 0 Å². The SMILES string of the molecule is [CH3-].[Pr].[Pr].[Pr]. The zero-order valence-corrected chi connectivity index (χ0v) is 13.8. The van der Waals surface area contributed by atoms with Crippen LogP contribution in [0.15, 0.2) is 0 Å². The van der Waals surface area contributed by atoms with Crippen LogP contribution >= 0.6 is 0 Å². The van der Waals surface area contributed by atoms with Crippen LogP contribution < -0.4 is 0 Å². The molecule has 0 amide bonds. The number of hydrogen-bond acceptors (Lipinski definition) is 0. The molecule has 0 saturated heterocycles. The van der Waals surface area contributed by atoms with Gasteiger partial charge in [0.15, 0.2) is 0 Å². The summed E-state index contributed by atoms with van der Waals surface area (Å²) in [5.74, 6) is 0. The van der Waals surface area contributed by atoms with Gasteiger partial charge in [0.05, 0.1) is 0 Å². The van der Waals surface area contributed by atoms with Gasteiger partial charge in [-0.1, -0.05) is 0 Å². The summed E-state index contributed by atoms with van der Waals surface area (Å²) in [6, 6.07) is 0. The van der Waals surface area contributed by atoms with Crippen molar-refractivity contribution in [2.24, 2.45) is 0 Å². The zero-order chi connectivity index (χ0) is 0. The molecule has 0 bridgehead atoms. The Morgan fingerprint density at radius 3 is 0.500 bits per heavy atom. The van der Waals surface area contributed by atoms with E-state index in [1.54, 1.807) is 0 Å². The summed E-state index contributed by atoms with van der Waals surface area (Å²) in [6.07, 6.45) is 0. The van der Waals surface area contributed by atoms with Gasteiger partial charge < -0.3 is 7.43 Å². The van der Waals surface area contributed by atoms with E-state index in [1.807, 2.05) is 0 Å². The van der Waals surface area contributed by atoms with E-state index in [0.29, 0.717) is 0 Å². The molecule has 0 aliphatic rings. The molecular weight excluding hydrogens is 435 g/mol. The van der Waals surface area contributed by atoms with Gasteiger partial charge in [0.1, 0.15) is 0 Å². The average molecular weight is 438 g/mol. The minimum atomic E-state index is 0. The zero-order valence-electron chi connectivity index (χ0n) is 2.73. The Morgan fingerprint density at radius 2 is 0.500 bits per heavy atom. The van der Waals surface area contributed by atoms with Crippen molar-refractivity contribution in [2.75, 3.05) is 0 Å². The van der Waals surface area contributed by atoms with Crippen LogP contribution in [0.2, 0.25) is 0 Å². The van der Waals surface area contributed by atoms with Crippen molar-refractivity contribution < 1.29 is 124 Å². The normalized spacial score (nSPS) is 0. The fourth-order valence-electron chi connectivity index (χ4n) is 0. The number of hydrogen-bond donors (Lipinski definition) is 0. The Balaban J connectivity index is 0. The van der Waals surface area contributed by atoms with E-state index in [9.17, 15) is 0 Å². The Labute approximate surface area is 127 Å². The molecule has 0 aromatic rings. The van der Waals surface area contributed by atoms with Crippen LogP contribution in [0.3, 0.4) is 0 Å². The average Bonchev–Trinajstić information content (AvgIpc) is 0. The smallest absolute Gasteiger partial charge is 0 e. The molecule has 3 heteroatoms. The van der Waals surface area contributed by atoms with Crippen LogP contribution in [0.4, 0.5) is 0 Å². The summed E-state index contributed by atoms with van der Waals surface area (Å²) in [7, 11) is 0. The summed E-state index contributed by atoms with van der Waals surface area (Å²) in [6.45, 7) is 0. The summed E-state index contributed by atoms with van der Waals surface area (Å²) in [5.41, 5.74) is 0. The summed E-state index contributed by atoms with van der Waals surface area (Å²) >= 11 is 0. The molecule has 0 fully saturated rings. The van der Waals surface area contributed by atoms with Crippen molar-refractivity contribution in [3.8, 4) is 0 Å². The molecule has 0 unspecified atom stereocenters. The predicted molar refractivity (Wildman–Crippen MR) is 6.41 cm³/mol. The molecule has 0 aromatic heterocycles. The number of rotatable bonds is 0.